The average Bonchev–Trinajstić information content (AvgIpc) is 3.38. The van der Waals surface area contributed by atoms with Gasteiger partial charge < -0.3 is 14.4 Å². The normalized spacial score (nSPS) is 19.1. The molecule has 2 fully saturated rings. The molecule has 200 valence electrons. The summed E-state index contributed by atoms with van der Waals surface area (Å²) in [5.41, 5.74) is 0.502. The maximum atomic E-state index is 15.4. The van der Waals surface area contributed by atoms with Crippen LogP contribution in [0.15, 0.2) is 42.5 Å². The van der Waals surface area contributed by atoms with Crippen LogP contribution in [-0.2, 0) is 32.8 Å². The van der Waals surface area contributed by atoms with Crippen LogP contribution in [0.25, 0.3) is 0 Å². The first kappa shape index (κ1) is 26.7. The second kappa shape index (κ2) is 10.6. The van der Waals surface area contributed by atoms with E-state index >= 15 is 4.39 Å². The molecule has 0 aliphatic carbocycles. The molecule has 11 heteroatoms. The number of likely N-dealkylation sites (tertiary alicyclic amines) is 1. The number of benzene rings is 2. The highest BCUT2D eigenvalue weighted by Crippen LogP contribution is 2.37. The van der Waals surface area contributed by atoms with Gasteiger partial charge >= 0.3 is 16.3 Å². The van der Waals surface area contributed by atoms with E-state index in [0.29, 0.717) is 29.3 Å². The number of amides is 2. The van der Waals surface area contributed by atoms with Crippen LogP contribution >= 0.6 is 0 Å². The van der Waals surface area contributed by atoms with Crippen LogP contribution in [0.4, 0.5) is 14.9 Å². The average molecular weight is 534 g/mol. The molecule has 2 aromatic rings. The molecule has 0 spiro atoms. The van der Waals surface area contributed by atoms with Crippen molar-refractivity contribution in [2.24, 2.45) is 0 Å². The molecule has 2 heterocycles. The zero-order valence-corrected chi connectivity index (χ0v) is 22.0. The predicted molar refractivity (Wildman–Crippen MR) is 136 cm³/mol. The number of anilines is 1. The van der Waals surface area contributed by atoms with Gasteiger partial charge in [-0.05, 0) is 69.7 Å². The van der Waals surface area contributed by atoms with Crippen molar-refractivity contribution in [3.63, 3.8) is 0 Å². The lowest BCUT2D eigenvalue weighted by atomic mass is 10.0. The predicted octanol–water partition coefficient (Wildman–Crippen LogP) is 3.92. The number of hydrogen-bond acceptors (Lipinski definition) is 6. The van der Waals surface area contributed by atoms with Crippen LogP contribution in [0.5, 0.6) is 5.75 Å². The van der Waals surface area contributed by atoms with Gasteiger partial charge in [0.15, 0.2) is 5.82 Å². The highest BCUT2D eigenvalue weighted by Gasteiger charge is 2.38. The van der Waals surface area contributed by atoms with Crippen molar-refractivity contribution >= 4 is 27.9 Å². The summed E-state index contributed by atoms with van der Waals surface area (Å²) in [6, 6.07) is 12.0. The third kappa shape index (κ3) is 6.51. The quantitative estimate of drug-likeness (QED) is 0.579. The third-order valence-electron chi connectivity index (χ3n) is 6.17. The van der Waals surface area contributed by atoms with E-state index in [1.54, 1.807) is 11.0 Å². The molecular weight excluding hydrogens is 501 g/mol. The van der Waals surface area contributed by atoms with Crippen LogP contribution in [0.2, 0.25) is 0 Å². The van der Waals surface area contributed by atoms with E-state index in [9.17, 15) is 18.0 Å². The van der Waals surface area contributed by atoms with E-state index in [1.165, 1.54) is 6.07 Å². The molecule has 37 heavy (non-hydrogen) atoms. The van der Waals surface area contributed by atoms with Crippen LogP contribution in [0.1, 0.15) is 51.2 Å². The Morgan fingerprint density at radius 1 is 1.16 bits per heavy atom. The van der Waals surface area contributed by atoms with E-state index in [4.69, 9.17) is 9.47 Å². The van der Waals surface area contributed by atoms with E-state index in [1.807, 2.05) is 55.8 Å². The van der Waals surface area contributed by atoms with Crippen molar-refractivity contribution < 1.29 is 31.9 Å². The van der Waals surface area contributed by atoms with Gasteiger partial charge in [0.05, 0.1) is 0 Å². The van der Waals surface area contributed by atoms with Gasteiger partial charge in [0.25, 0.3) is 5.91 Å². The van der Waals surface area contributed by atoms with Gasteiger partial charge in [0.1, 0.15) is 30.2 Å². The van der Waals surface area contributed by atoms with Crippen LogP contribution in [0, 0.1) is 5.82 Å². The van der Waals surface area contributed by atoms with Crippen molar-refractivity contribution in [1.82, 2.24) is 9.62 Å². The first-order valence-electron chi connectivity index (χ1n) is 12.2. The topological polar surface area (TPSA) is 105 Å². The fourth-order valence-corrected chi connectivity index (χ4v) is 5.70. The number of nitrogens with one attached hydrogen (secondary N) is 1. The molecule has 2 aromatic carbocycles. The molecule has 2 saturated heterocycles. The maximum Gasteiger partial charge on any atom is 0.410 e. The zero-order chi connectivity index (χ0) is 26.8. The minimum atomic E-state index is -4.23. The number of ether oxygens (including phenoxy) is 2. The lowest BCUT2D eigenvalue weighted by molar-refractivity contribution is -0.117. The van der Waals surface area contributed by atoms with E-state index in [2.05, 4.69) is 0 Å². The molecular formula is C26H32FN3O6S. The molecule has 4 rings (SSSR count). The summed E-state index contributed by atoms with van der Waals surface area (Å²) in [6.45, 7) is 5.61. The van der Waals surface area contributed by atoms with E-state index in [0.717, 1.165) is 18.4 Å². The number of halogens is 1. The van der Waals surface area contributed by atoms with Crippen LogP contribution in [0.3, 0.4) is 0 Å². The molecule has 1 unspecified atom stereocenters. The van der Waals surface area contributed by atoms with Gasteiger partial charge in [-0.3, -0.25) is 4.79 Å². The summed E-state index contributed by atoms with van der Waals surface area (Å²) < 4.78 is 54.3. The molecule has 1 N–H and O–H groups in total. The molecule has 0 radical (unpaired) electrons. The molecule has 2 amide bonds. The number of aryl methyl sites for hydroxylation is 1. The van der Waals surface area contributed by atoms with Crippen LogP contribution in [-0.4, -0.2) is 50.1 Å². The Balaban J connectivity index is 1.56. The van der Waals surface area contributed by atoms with Crippen LogP contribution < -0.4 is 13.8 Å². The molecule has 2 aliphatic heterocycles. The first-order chi connectivity index (χ1) is 17.4. The Bertz CT molecular complexity index is 1260. The second-order valence-corrected chi connectivity index (χ2v) is 11.8. The highest BCUT2D eigenvalue weighted by atomic mass is 32.2. The maximum absolute atomic E-state index is 15.4. The fourth-order valence-electron chi connectivity index (χ4n) is 4.53. The Kier molecular flexibility index (Phi) is 7.63. The molecule has 1 atom stereocenters. The van der Waals surface area contributed by atoms with Gasteiger partial charge in [0, 0.05) is 12.6 Å². The van der Waals surface area contributed by atoms with Gasteiger partial charge in [-0.15, -0.1) is 0 Å². The zero-order valence-electron chi connectivity index (χ0n) is 21.2. The Labute approximate surface area is 216 Å². The number of nitrogens with zero attached hydrogens (tertiary/aromatic N) is 2. The molecule has 9 nitrogen and oxygen atoms in total. The molecule has 0 saturated carbocycles. The summed E-state index contributed by atoms with van der Waals surface area (Å²) in [6.07, 6.45) is 2.33. The van der Waals surface area contributed by atoms with Crippen molar-refractivity contribution in [1.29, 1.82) is 0 Å². The largest absolute Gasteiger partial charge is 0.487 e. The summed E-state index contributed by atoms with van der Waals surface area (Å²) in [5, 5.41) is 0. The summed E-state index contributed by atoms with van der Waals surface area (Å²) in [5.74, 6) is -1.54. The van der Waals surface area contributed by atoms with Crippen molar-refractivity contribution in [2.75, 3.05) is 17.4 Å². The third-order valence-corrected chi connectivity index (χ3v) is 7.54. The van der Waals surface area contributed by atoms with Gasteiger partial charge in [-0.1, -0.05) is 30.3 Å². The summed E-state index contributed by atoms with van der Waals surface area (Å²) >= 11 is 0. The lowest BCUT2D eigenvalue weighted by Gasteiger charge is -2.28. The molecule has 2 aliphatic rings. The minimum absolute atomic E-state index is 0.0225. The Morgan fingerprint density at radius 2 is 1.89 bits per heavy atom. The van der Waals surface area contributed by atoms with E-state index < -0.39 is 34.1 Å². The monoisotopic (exact) mass is 533 g/mol. The number of hydrogen-bond donors (Lipinski definition) is 1. The molecule has 0 bridgehead atoms. The summed E-state index contributed by atoms with van der Waals surface area (Å²) in [4.78, 5) is 26.1. The van der Waals surface area contributed by atoms with Gasteiger partial charge in [0.2, 0.25) is 0 Å². The van der Waals surface area contributed by atoms with Crippen molar-refractivity contribution in [2.45, 2.75) is 64.7 Å². The minimum Gasteiger partial charge on any atom is -0.487 e. The Morgan fingerprint density at radius 3 is 2.54 bits per heavy atom. The molecule has 0 aromatic heterocycles. The standard InChI is InChI=1S/C26H32FN3O6S/c1-26(2,3)36-25(32)29-13-7-10-20(29)12-11-19-14-21(27)24(30-16-23(31)28-37(30,33)34)22(15-19)35-17-18-8-5-4-6-9-18/h4-6,8-9,14-15,20H,7,10-13,16-17H2,1-3H3,(H,28,31). The van der Waals surface area contributed by atoms with E-state index in [-0.39, 0.29) is 30.2 Å². The summed E-state index contributed by atoms with van der Waals surface area (Å²) in [7, 11) is -4.23. The first-order valence-corrected chi connectivity index (χ1v) is 13.7. The fraction of sp³-hybridized carbons (Fsp3) is 0.462. The smallest absolute Gasteiger partial charge is 0.410 e. The number of carbonyl (C=O) groups excluding carboxylic acids is 2. The Hall–Kier alpha value is -3.34. The van der Waals surface area contributed by atoms with Crippen molar-refractivity contribution in [3.8, 4) is 5.75 Å². The SMILES string of the molecule is CC(C)(C)OC(=O)N1CCCC1CCc1cc(F)c(N2CC(=O)NS2(=O)=O)c(OCc2ccccc2)c1. The van der Waals surface area contributed by atoms with Gasteiger partial charge in [-0.25, -0.2) is 18.2 Å². The van der Waals surface area contributed by atoms with Gasteiger partial charge in [-0.2, -0.15) is 8.42 Å². The van der Waals surface area contributed by atoms with Crippen molar-refractivity contribution in [3.05, 3.63) is 59.4 Å². The lowest BCUT2D eigenvalue weighted by Crippen LogP contribution is -2.40. The highest BCUT2D eigenvalue weighted by molar-refractivity contribution is 7.92. The second-order valence-electron chi connectivity index (χ2n) is 10.2. The number of carbonyl (C=O) groups is 2. The number of rotatable bonds is 7.